The molecule has 198 valence electrons. The molecule has 7 nitrogen and oxygen atoms in total. The fourth-order valence-electron chi connectivity index (χ4n) is 4.59. The van der Waals surface area contributed by atoms with Crippen LogP contribution in [0.1, 0.15) is 5.56 Å². The van der Waals surface area contributed by atoms with Crippen LogP contribution in [0.3, 0.4) is 0 Å². The number of rotatable bonds is 9. The molecule has 0 aliphatic heterocycles. The van der Waals surface area contributed by atoms with Crippen molar-refractivity contribution in [3.05, 3.63) is 90.5 Å². The summed E-state index contributed by atoms with van der Waals surface area (Å²) >= 11 is 0. The molecule has 0 aromatic heterocycles. The fraction of sp³-hybridized carbons (Fsp3) is 0.172. The van der Waals surface area contributed by atoms with Gasteiger partial charge < -0.3 is 23.5 Å². The summed E-state index contributed by atoms with van der Waals surface area (Å²) in [6.45, 7) is 1.75. The molecule has 0 amide bonds. The van der Waals surface area contributed by atoms with Gasteiger partial charge in [-0.25, -0.2) is 8.42 Å². The molecule has 4 aromatic carbocycles. The van der Waals surface area contributed by atoms with Crippen LogP contribution in [0.5, 0.6) is 23.0 Å². The first-order chi connectivity index (χ1) is 18.2. The summed E-state index contributed by atoms with van der Waals surface area (Å²) in [5.41, 5.74) is 0.654. The fourth-order valence-corrected chi connectivity index (χ4v) is 10.3. The molecule has 0 spiro atoms. The molecule has 0 heterocycles. The molecule has 0 aliphatic carbocycles. The van der Waals surface area contributed by atoms with Gasteiger partial charge in [0.1, 0.15) is 61.6 Å². The van der Waals surface area contributed by atoms with Crippen molar-refractivity contribution in [1.82, 2.24) is 0 Å². The van der Waals surface area contributed by atoms with Gasteiger partial charge in [-0.2, -0.15) is 0 Å². The van der Waals surface area contributed by atoms with Crippen LogP contribution in [-0.4, -0.2) is 41.4 Å². The Labute approximate surface area is 224 Å². The summed E-state index contributed by atoms with van der Waals surface area (Å²) in [7, 11) is -1.79. The number of hydrogen-bond donors (Lipinski definition) is 0. The molecule has 0 radical (unpaired) electrons. The third-order valence-corrected chi connectivity index (χ3v) is 11.6. The number of methoxy groups -OCH3 is 4. The molecule has 0 saturated carbocycles. The maximum Gasteiger partial charge on any atom is 0.146 e. The molecule has 0 N–H and O–H groups in total. The first-order valence-electron chi connectivity index (χ1n) is 11.7. The lowest BCUT2D eigenvalue weighted by Crippen LogP contribution is -2.40. The van der Waals surface area contributed by atoms with Crippen LogP contribution >= 0.6 is 7.26 Å². The number of ether oxygens (including phenoxy) is 4. The van der Waals surface area contributed by atoms with Crippen LogP contribution in [0.25, 0.3) is 0 Å². The van der Waals surface area contributed by atoms with E-state index in [1.54, 1.807) is 53.6 Å². The predicted octanol–water partition coefficient (Wildman–Crippen LogP) is 3.55. The van der Waals surface area contributed by atoms with Crippen molar-refractivity contribution in [2.24, 2.45) is 0 Å². The van der Waals surface area contributed by atoms with Gasteiger partial charge in [0.25, 0.3) is 0 Å². The summed E-state index contributed by atoms with van der Waals surface area (Å²) in [6, 6.07) is 25.4. The highest BCUT2D eigenvalue weighted by Crippen LogP contribution is 2.57. The number of hydrogen-bond acceptors (Lipinski definition) is 7. The highest BCUT2D eigenvalue weighted by atomic mass is 32.2. The van der Waals surface area contributed by atoms with E-state index in [2.05, 4.69) is 0 Å². The number of aryl methyl sites for hydroxylation is 1. The third kappa shape index (κ3) is 5.07. The Morgan fingerprint density at radius 3 is 1.45 bits per heavy atom. The van der Waals surface area contributed by atoms with Gasteiger partial charge in [-0.1, -0.05) is 24.3 Å². The van der Waals surface area contributed by atoms with Gasteiger partial charge in [-0.05, 0) is 36.8 Å². The molecule has 9 heteroatoms. The SMILES string of the molecule is COc1cc(OC)cc([P+](c2ccccc2)(c2cc(OC)cc(OC)c2)c2ccc(C)cc2S(=O)(=O)[O-])c1. The lowest BCUT2D eigenvalue weighted by Gasteiger charge is -2.30. The van der Waals surface area contributed by atoms with Crippen molar-refractivity contribution < 1.29 is 31.9 Å². The normalized spacial score (nSPS) is 11.6. The van der Waals surface area contributed by atoms with Crippen LogP contribution in [0.15, 0.2) is 89.8 Å². The first-order valence-corrected chi connectivity index (χ1v) is 14.9. The van der Waals surface area contributed by atoms with E-state index in [1.807, 2.05) is 60.7 Å². The van der Waals surface area contributed by atoms with Crippen LogP contribution in [0.4, 0.5) is 0 Å². The summed E-state index contributed by atoms with van der Waals surface area (Å²) < 4.78 is 60.9. The second kappa shape index (κ2) is 11.0. The number of benzene rings is 4. The Balaban J connectivity index is 2.33. The standard InChI is InChI=1S/C29H29O7PS/c1-20-11-12-28(29(13-20)38(30,31)32)37(25-9-7-6-8-10-25,26-16-21(33-2)14-22(17-26)34-3)27-18-23(35-4)15-24(19-27)36-5/h6-19H,1-5H3. The van der Waals surface area contributed by atoms with Crippen molar-refractivity contribution in [1.29, 1.82) is 0 Å². The quantitative estimate of drug-likeness (QED) is 0.232. The minimum absolute atomic E-state index is 0.279. The average Bonchev–Trinajstić information content (AvgIpc) is 2.93. The van der Waals surface area contributed by atoms with E-state index >= 15 is 0 Å². The summed E-state index contributed by atoms with van der Waals surface area (Å²) in [5, 5.41) is 2.65. The molecule has 0 bridgehead atoms. The molecule has 0 aliphatic rings. The van der Waals surface area contributed by atoms with Gasteiger partial charge in [0, 0.05) is 36.4 Å². The average molecular weight is 553 g/mol. The zero-order valence-electron chi connectivity index (χ0n) is 21.8. The van der Waals surface area contributed by atoms with Crippen molar-refractivity contribution in [3.63, 3.8) is 0 Å². The summed E-state index contributed by atoms with van der Waals surface area (Å²) in [5.74, 6) is 2.09. The second-order valence-electron chi connectivity index (χ2n) is 8.57. The lowest BCUT2D eigenvalue weighted by atomic mass is 10.2. The van der Waals surface area contributed by atoms with Crippen molar-refractivity contribution in [2.45, 2.75) is 11.8 Å². The van der Waals surface area contributed by atoms with E-state index in [9.17, 15) is 13.0 Å². The maximum absolute atomic E-state index is 12.8. The highest BCUT2D eigenvalue weighted by Gasteiger charge is 2.51. The Morgan fingerprint density at radius 1 is 0.605 bits per heavy atom. The van der Waals surface area contributed by atoms with Crippen molar-refractivity contribution >= 4 is 38.6 Å². The topological polar surface area (TPSA) is 94.1 Å². The van der Waals surface area contributed by atoms with E-state index in [1.165, 1.54) is 6.07 Å². The van der Waals surface area contributed by atoms with Gasteiger partial charge in [-0.15, -0.1) is 0 Å². The third-order valence-electron chi connectivity index (χ3n) is 6.34. The molecule has 0 saturated heterocycles. The van der Waals surface area contributed by atoms with Crippen molar-refractivity contribution in [2.75, 3.05) is 28.4 Å². The molecule has 0 fully saturated rings. The molecular formula is C29H29O7PS. The summed E-state index contributed by atoms with van der Waals surface area (Å²) in [6.07, 6.45) is 0. The maximum atomic E-state index is 12.8. The van der Waals surface area contributed by atoms with E-state index in [0.717, 1.165) is 15.9 Å². The van der Waals surface area contributed by atoms with Gasteiger partial charge in [-0.3, -0.25) is 0 Å². The van der Waals surface area contributed by atoms with Crippen LogP contribution in [0.2, 0.25) is 0 Å². The smallest absolute Gasteiger partial charge is 0.146 e. The van der Waals surface area contributed by atoms with E-state index in [4.69, 9.17) is 18.9 Å². The molecule has 0 atom stereocenters. The van der Waals surface area contributed by atoms with Crippen molar-refractivity contribution in [3.8, 4) is 23.0 Å². The Hall–Kier alpha value is -3.58. The Kier molecular flexibility index (Phi) is 7.97. The molecular weight excluding hydrogens is 523 g/mol. The highest BCUT2D eigenvalue weighted by molar-refractivity contribution is 8.02. The second-order valence-corrected chi connectivity index (χ2v) is 13.3. The molecule has 4 rings (SSSR count). The van der Waals surface area contributed by atoms with Gasteiger partial charge in [0.05, 0.1) is 33.3 Å². The largest absolute Gasteiger partial charge is 0.744 e. The zero-order chi connectivity index (χ0) is 27.5. The lowest BCUT2D eigenvalue weighted by molar-refractivity contribution is 0.395. The van der Waals surface area contributed by atoms with E-state index in [-0.39, 0.29) is 4.90 Å². The van der Waals surface area contributed by atoms with Gasteiger partial charge >= 0.3 is 0 Å². The molecule has 0 unspecified atom stereocenters. The molecule has 4 aromatic rings. The van der Waals surface area contributed by atoms with Gasteiger partial charge in [0.2, 0.25) is 0 Å². The van der Waals surface area contributed by atoms with Crippen LogP contribution in [-0.2, 0) is 10.1 Å². The van der Waals surface area contributed by atoms with Crippen LogP contribution < -0.4 is 40.2 Å². The van der Waals surface area contributed by atoms with Gasteiger partial charge in [0.15, 0.2) is 0 Å². The van der Waals surface area contributed by atoms with E-state index in [0.29, 0.717) is 33.9 Å². The van der Waals surface area contributed by atoms with Crippen LogP contribution in [0, 0.1) is 6.92 Å². The zero-order valence-corrected chi connectivity index (χ0v) is 23.5. The summed E-state index contributed by atoms with van der Waals surface area (Å²) in [4.78, 5) is -0.279. The molecule has 38 heavy (non-hydrogen) atoms. The minimum atomic E-state index is -4.87. The Bertz CT molecular complexity index is 1450. The monoisotopic (exact) mass is 552 g/mol. The predicted molar refractivity (Wildman–Crippen MR) is 150 cm³/mol. The Morgan fingerprint density at radius 2 is 1.05 bits per heavy atom. The minimum Gasteiger partial charge on any atom is -0.744 e. The first kappa shape index (κ1) is 27.5. The van der Waals surface area contributed by atoms with E-state index < -0.39 is 17.4 Å².